The third-order valence-corrected chi connectivity index (χ3v) is 2.66. The second-order valence-electron chi connectivity index (χ2n) is 4.26. The van der Waals surface area contributed by atoms with Gasteiger partial charge in [0.05, 0.1) is 12.5 Å². The van der Waals surface area contributed by atoms with Crippen LogP contribution < -0.4 is 0 Å². The third kappa shape index (κ3) is 2.53. The highest BCUT2D eigenvalue weighted by Crippen LogP contribution is 2.21. The zero-order chi connectivity index (χ0) is 13.1. The van der Waals surface area contributed by atoms with Crippen molar-refractivity contribution in [3.05, 3.63) is 29.8 Å². The summed E-state index contributed by atoms with van der Waals surface area (Å²) < 4.78 is 1.54. The van der Waals surface area contributed by atoms with Crippen molar-refractivity contribution in [2.45, 2.75) is 26.3 Å². The smallest absolute Gasteiger partial charge is 0.305 e. The lowest BCUT2D eigenvalue weighted by atomic mass is 10.1. The molecule has 1 unspecified atom stereocenters. The van der Waals surface area contributed by atoms with E-state index in [0.717, 1.165) is 11.1 Å². The van der Waals surface area contributed by atoms with E-state index in [1.165, 1.54) is 0 Å². The SMILES string of the molecule is Cc1cccc(-c2nnnn2C(C)CC(=O)O)c1. The summed E-state index contributed by atoms with van der Waals surface area (Å²) in [5, 5.41) is 20.3. The number of carbonyl (C=O) groups is 1. The fraction of sp³-hybridized carbons (Fsp3) is 0.333. The predicted molar refractivity (Wildman–Crippen MR) is 65.0 cm³/mol. The number of carboxylic acid groups (broad SMARTS) is 1. The molecular weight excluding hydrogens is 232 g/mol. The van der Waals surface area contributed by atoms with Gasteiger partial charge < -0.3 is 5.11 Å². The summed E-state index contributed by atoms with van der Waals surface area (Å²) in [6, 6.07) is 7.50. The van der Waals surface area contributed by atoms with E-state index < -0.39 is 5.97 Å². The zero-order valence-corrected chi connectivity index (χ0v) is 10.2. The van der Waals surface area contributed by atoms with E-state index in [1.54, 1.807) is 11.6 Å². The Morgan fingerprint density at radius 1 is 1.50 bits per heavy atom. The number of benzene rings is 1. The molecule has 0 amide bonds. The number of hydrogen-bond donors (Lipinski definition) is 1. The first-order valence-electron chi connectivity index (χ1n) is 5.64. The second-order valence-corrected chi connectivity index (χ2v) is 4.26. The highest BCUT2D eigenvalue weighted by Gasteiger charge is 2.17. The van der Waals surface area contributed by atoms with Crippen LogP contribution in [0, 0.1) is 6.92 Å². The number of tetrazole rings is 1. The Balaban J connectivity index is 2.35. The topological polar surface area (TPSA) is 80.9 Å². The molecule has 0 radical (unpaired) electrons. The fourth-order valence-corrected chi connectivity index (χ4v) is 1.80. The van der Waals surface area contributed by atoms with Crippen LogP contribution >= 0.6 is 0 Å². The molecule has 1 N–H and O–H groups in total. The van der Waals surface area contributed by atoms with Gasteiger partial charge in [-0.05, 0) is 30.3 Å². The van der Waals surface area contributed by atoms with E-state index in [0.29, 0.717) is 5.82 Å². The molecule has 1 aromatic heterocycles. The van der Waals surface area contributed by atoms with Gasteiger partial charge in [0, 0.05) is 5.56 Å². The number of carboxylic acids is 1. The Bertz CT molecular complexity index is 565. The minimum Gasteiger partial charge on any atom is -0.481 e. The number of aliphatic carboxylic acids is 1. The summed E-state index contributed by atoms with van der Waals surface area (Å²) in [5.41, 5.74) is 1.99. The van der Waals surface area contributed by atoms with Gasteiger partial charge in [0.15, 0.2) is 5.82 Å². The molecule has 0 spiro atoms. The summed E-state index contributed by atoms with van der Waals surface area (Å²) in [7, 11) is 0. The molecule has 0 saturated heterocycles. The van der Waals surface area contributed by atoms with Gasteiger partial charge in [0.25, 0.3) is 0 Å². The molecule has 2 rings (SSSR count). The first-order valence-corrected chi connectivity index (χ1v) is 5.64. The fourth-order valence-electron chi connectivity index (χ4n) is 1.80. The summed E-state index contributed by atoms with van der Waals surface area (Å²) in [6.45, 7) is 3.77. The average molecular weight is 246 g/mol. The largest absolute Gasteiger partial charge is 0.481 e. The van der Waals surface area contributed by atoms with Gasteiger partial charge in [0.1, 0.15) is 0 Å². The molecule has 0 aliphatic rings. The second kappa shape index (κ2) is 4.95. The monoisotopic (exact) mass is 246 g/mol. The zero-order valence-electron chi connectivity index (χ0n) is 10.2. The molecular formula is C12H14N4O2. The highest BCUT2D eigenvalue weighted by atomic mass is 16.4. The Kier molecular flexibility index (Phi) is 3.36. The first-order chi connectivity index (χ1) is 8.58. The van der Waals surface area contributed by atoms with Crippen LogP contribution in [0.5, 0.6) is 0 Å². The van der Waals surface area contributed by atoms with Crippen LogP contribution in [0.15, 0.2) is 24.3 Å². The maximum absolute atomic E-state index is 10.7. The quantitative estimate of drug-likeness (QED) is 0.887. The number of rotatable bonds is 4. The number of nitrogens with zero attached hydrogens (tertiary/aromatic N) is 4. The first kappa shape index (κ1) is 12.2. The molecule has 0 bridgehead atoms. The van der Waals surface area contributed by atoms with Crippen LogP contribution in [-0.2, 0) is 4.79 Å². The van der Waals surface area contributed by atoms with Crippen molar-refractivity contribution in [3.63, 3.8) is 0 Å². The van der Waals surface area contributed by atoms with Gasteiger partial charge in [-0.2, -0.15) is 0 Å². The lowest BCUT2D eigenvalue weighted by Gasteiger charge is -2.11. The van der Waals surface area contributed by atoms with Gasteiger partial charge >= 0.3 is 5.97 Å². The third-order valence-electron chi connectivity index (χ3n) is 2.66. The van der Waals surface area contributed by atoms with Crippen molar-refractivity contribution in [3.8, 4) is 11.4 Å². The summed E-state index contributed by atoms with van der Waals surface area (Å²) in [6.07, 6.45) is -0.0101. The maximum Gasteiger partial charge on any atom is 0.305 e. The van der Waals surface area contributed by atoms with E-state index in [4.69, 9.17) is 5.11 Å². The van der Waals surface area contributed by atoms with Crippen LogP contribution in [0.1, 0.15) is 24.9 Å². The van der Waals surface area contributed by atoms with Crippen molar-refractivity contribution in [2.24, 2.45) is 0 Å². The standard InChI is InChI=1S/C12H14N4O2/c1-8-4-3-5-10(6-8)12-13-14-15-16(12)9(2)7-11(17)18/h3-6,9H,7H2,1-2H3,(H,17,18). The van der Waals surface area contributed by atoms with Gasteiger partial charge in [-0.15, -0.1) is 5.10 Å². The Morgan fingerprint density at radius 3 is 2.94 bits per heavy atom. The summed E-state index contributed by atoms with van der Waals surface area (Å²) in [4.78, 5) is 10.7. The van der Waals surface area contributed by atoms with E-state index in [-0.39, 0.29) is 12.5 Å². The van der Waals surface area contributed by atoms with E-state index in [2.05, 4.69) is 15.5 Å². The normalized spacial score (nSPS) is 12.3. The number of aryl methyl sites for hydroxylation is 1. The lowest BCUT2D eigenvalue weighted by molar-refractivity contribution is -0.137. The van der Waals surface area contributed by atoms with Crippen LogP contribution in [0.2, 0.25) is 0 Å². The van der Waals surface area contributed by atoms with Crippen molar-refractivity contribution in [1.29, 1.82) is 0 Å². The molecule has 2 aromatic rings. The van der Waals surface area contributed by atoms with Gasteiger partial charge in [-0.1, -0.05) is 23.8 Å². The van der Waals surface area contributed by atoms with E-state index in [9.17, 15) is 4.79 Å². The van der Waals surface area contributed by atoms with Crippen LogP contribution in [0.25, 0.3) is 11.4 Å². The molecule has 0 saturated carbocycles. The molecule has 0 aliphatic carbocycles. The maximum atomic E-state index is 10.7. The van der Waals surface area contributed by atoms with Crippen molar-refractivity contribution in [2.75, 3.05) is 0 Å². The van der Waals surface area contributed by atoms with E-state index in [1.807, 2.05) is 31.2 Å². The highest BCUT2D eigenvalue weighted by molar-refractivity contribution is 5.67. The lowest BCUT2D eigenvalue weighted by Crippen LogP contribution is -2.13. The predicted octanol–water partition coefficient (Wildman–Crippen LogP) is 1.68. The number of hydrogen-bond acceptors (Lipinski definition) is 4. The molecule has 1 heterocycles. The molecule has 0 aliphatic heterocycles. The molecule has 18 heavy (non-hydrogen) atoms. The summed E-state index contributed by atoms with van der Waals surface area (Å²) in [5.74, 6) is -0.277. The number of aromatic nitrogens is 4. The van der Waals surface area contributed by atoms with Crippen molar-refractivity contribution >= 4 is 5.97 Å². The van der Waals surface area contributed by atoms with E-state index >= 15 is 0 Å². The summed E-state index contributed by atoms with van der Waals surface area (Å²) >= 11 is 0. The average Bonchev–Trinajstić information content (AvgIpc) is 2.76. The van der Waals surface area contributed by atoms with Crippen LogP contribution in [0.3, 0.4) is 0 Å². The Hall–Kier alpha value is -2.24. The Labute approximate surface area is 104 Å². The molecule has 6 nitrogen and oxygen atoms in total. The molecule has 94 valence electrons. The van der Waals surface area contributed by atoms with Crippen LogP contribution in [0.4, 0.5) is 0 Å². The van der Waals surface area contributed by atoms with Crippen molar-refractivity contribution in [1.82, 2.24) is 20.2 Å². The molecule has 6 heteroatoms. The molecule has 0 fully saturated rings. The van der Waals surface area contributed by atoms with Crippen LogP contribution in [-0.4, -0.2) is 31.3 Å². The van der Waals surface area contributed by atoms with Gasteiger partial charge in [-0.3, -0.25) is 4.79 Å². The van der Waals surface area contributed by atoms with Gasteiger partial charge in [-0.25, -0.2) is 4.68 Å². The van der Waals surface area contributed by atoms with Crippen molar-refractivity contribution < 1.29 is 9.90 Å². The molecule has 1 aromatic carbocycles. The minimum absolute atomic E-state index is 0.0101. The minimum atomic E-state index is -0.867. The Morgan fingerprint density at radius 2 is 2.28 bits per heavy atom. The molecule has 1 atom stereocenters. The van der Waals surface area contributed by atoms with Gasteiger partial charge in [0.2, 0.25) is 0 Å².